The number of ether oxygens (including phenoxy) is 3. The number of amides is 2. The van der Waals surface area contributed by atoms with E-state index in [1.807, 2.05) is 24.3 Å². The van der Waals surface area contributed by atoms with Gasteiger partial charge in [-0.15, -0.1) is 0 Å². The second-order valence-corrected chi connectivity index (χ2v) is 9.25. The number of carbonyl (C=O) groups excluding carboxylic acids is 2. The Morgan fingerprint density at radius 3 is 2.71 bits per heavy atom. The molecule has 1 unspecified atom stereocenters. The number of nitrogens with one attached hydrogen (secondary N) is 2. The Hall–Kier alpha value is -2.37. The summed E-state index contributed by atoms with van der Waals surface area (Å²) in [7, 11) is -3.52. The van der Waals surface area contributed by atoms with Crippen molar-refractivity contribution in [2.75, 3.05) is 25.7 Å². The Bertz CT molecular complexity index is 826. The molecule has 0 spiro atoms. The maximum Gasteiger partial charge on any atom is 0.409 e. The lowest BCUT2D eigenvalue weighted by atomic mass is 10.1. The summed E-state index contributed by atoms with van der Waals surface area (Å²) in [6, 6.07) is 7.08. The molecule has 31 heavy (non-hydrogen) atoms. The maximum atomic E-state index is 12.3. The third kappa shape index (κ3) is 9.99. The van der Waals surface area contributed by atoms with Crippen LogP contribution >= 0.6 is 0 Å². The van der Waals surface area contributed by atoms with Crippen LogP contribution in [0.3, 0.4) is 0 Å². The average molecular weight is 458 g/mol. The van der Waals surface area contributed by atoms with Crippen molar-refractivity contribution in [2.24, 2.45) is 5.73 Å². The quantitative estimate of drug-likeness (QED) is 0.301. The number of benzene rings is 1. The molecule has 0 saturated heterocycles. The fraction of sp³-hybridized carbons (Fsp3) is 0.600. The molecular formula is C20H31N3O7S. The Morgan fingerprint density at radius 2 is 2.00 bits per heavy atom. The smallest absolute Gasteiger partial charge is 0.409 e. The zero-order chi connectivity index (χ0) is 22.7. The molecule has 0 aromatic heterocycles. The Labute approximate surface area is 182 Å². The number of alkyl carbamates (subject to hydrolysis) is 1. The van der Waals surface area contributed by atoms with Gasteiger partial charge < -0.3 is 19.9 Å². The van der Waals surface area contributed by atoms with Crippen molar-refractivity contribution in [3.63, 3.8) is 0 Å². The molecule has 0 radical (unpaired) electrons. The molecule has 2 rings (SSSR count). The van der Waals surface area contributed by atoms with Gasteiger partial charge in [0, 0.05) is 12.6 Å². The average Bonchev–Trinajstić information content (AvgIpc) is 3.22. The molecule has 0 bridgehead atoms. The predicted molar refractivity (Wildman–Crippen MR) is 114 cm³/mol. The summed E-state index contributed by atoms with van der Waals surface area (Å²) in [5.41, 5.74) is 5.67. The first kappa shape index (κ1) is 24.9. The Morgan fingerprint density at radius 1 is 1.26 bits per heavy atom. The summed E-state index contributed by atoms with van der Waals surface area (Å²) >= 11 is 0. The zero-order valence-electron chi connectivity index (χ0n) is 17.7. The van der Waals surface area contributed by atoms with Crippen molar-refractivity contribution < 1.29 is 32.2 Å². The first-order valence-corrected chi connectivity index (χ1v) is 11.9. The molecule has 174 valence electrons. The second kappa shape index (κ2) is 12.5. The molecular weight excluding hydrogens is 426 g/mol. The lowest BCUT2D eigenvalue weighted by molar-refractivity contribution is -0.120. The lowest BCUT2D eigenvalue weighted by Gasteiger charge is -2.17. The van der Waals surface area contributed by atoms with E-state index >= 15 is 0 Å². The van der Waals surface area contributed by atoms with Crippen LogP contribution in [0.4, 0.5) is 4.79 Å². The topological polar surface area (TPSA) is 146 Å². The molecule has 1 atom stereocenters. The van der Waals surface area contributed by atoms with Crippen LogP contribution in [-0.2, 0) is 24.3 Å². The summed E-state index contributed by atoms with van der Waals surface area (Å²) in [5, 5.41) is 2.25. The minimum Gasteiger partial charge on any atom is -0.490 e. The number of rotatable bonds is 13. The zero-order valence-corrected chi connectivity index (χ0v) is 18.5. The number of hydrogen-bond donors (Lipinski definition) is 3. The van der Waals surface area contributed by atoms with E-state index in [0.29, 0.717) is 0 Å². The van der Waals surface area contributed by atoms with E-state index < -0.39 is 34.7 Å². The monoisotopic (exact) mass is 457 g/mol. The number of carbonyl (C=O) groups is 2. The molecule has 0 aliphatic heterocycles. The normalized spacial score (nSPS) is 15.4. The van der Waals surface area contributed by atoms with E-state index in [4.69, 9.17) is 15.2 Å². The van der Waals surface area contributed by atoms with Gasteiger partial charge in [-0.3, -0.25) is 10.1 Å². The molecule has 2 amide bonds. The van der Waals surface area contributed by atoms with E-state index in [9.17, 15) is 18.0 Å². The molecule has 1 aliphatic carbocycles. The summed E-state index contributed by atoms with van der Waals surface area (Å²) < 4.78 is 42.9. The Kier molecular flexibility index (Phi) is 10.0. The first-order valence-electron chi connectivity index (χ1n) is 10.3. The summed E-state index contributed by atoms with van der Waals surface area (Å²) in [6.45, 7) is 1.21. The third-order valence-corrected chi connectivity index (χ3v) is 6.22. The van der Waals surface area contributed by atoms with Gasteiger partial charge in [-0.1, -0.05) is 12.1 Å². The van der Waals surface area contributed by atoms with Crippen LogP contribution in [0.2, 0.25) is 0 Å². The Balaban J connectivity index is 1.68. The standard InChI is InChI=1S/C20H31N3O7S/c1-15(16-6-4-9-18(12-16)30-17-7-2-3-8-17)23-31(26,27)11-5-10-28-14-22-20(25)29-13-19(21)24/h4,6,9,12,15,17,23H,2-3,5,7-8,10-11,13-14H2,1H3,(H2,21,24)(H,22,25). The van der Waals surface area contributed by atoms with Crippen LogP contribution in [0, 0.1) is 0 Å². The largest absolute Gasteiger partial charge is 0.490 e. The summed E-state index contributed by atoms with van der Waals surface area (Å²) in [4.78, 5) is 21.7. The highest BCUT2D eigenvalue weighted by Gasteiger charge is 2.19. The predicted octanol–water partition coefficient (Wildman–Crippen LogP) is 1.56. The lowest BCUT2D eigenvalue weighted by Crippen LogP contribution is -2.31. The molecule has 1 saturated carbocycles. The molecule has 1 aromatic rings. The fourth-order valence-electron chi connectivity index (χ4n) is 3.17. The van der Waals surface area contributed by atoms with Gasteiger partial charge in [0.1, 0.15) is 12.5 Å². The van der Waals surface area contributed by atoms with Crippen LogP contribution in [0.25, 0.3) is 0 Å². The van der Waals surface area contributed by atoms with Crippen LogP contribution in [-0.4, -0.2) is 52.2 Å². The first-order chi connectivity index (χ1) is 14.7. The molecule has 11 heteroatoms. The van der Waals surface area contributed by atoms with E-state index in [-0.39, 0.29) is 31.6 Å². The SMILES string of the molecule is CC(NS(=O)(=O)CCCOCNC(=O)OCC(N)=O)c1cccc(OC2CCCC2)c1. The van der Waals surface area contributed by atoms with E-state index in [0.717, 1.165) is 24.2 Å². The maximum absolute atomic E-state index is 12.3. The van der Waals surface area contributed by atoms with E-state index in [1.165, 1.54) is 12.8 Å². The van der Waals surface area contributed by atoms with Crippen molar-refractivity contribution in [1.82, 2.24) is 10.0 Å². The molecule has 1 aliphatic rings. The highest BCUT2D eigenvalue weighted by Crippen LogP contribution is 2.26. The van der Waals surface area contributed by atoms with Crippen molar-refractivity contribution in [3.8, 4) is 5.75 Å². The highest BCUT2D eigenvalue weighted by atomic mass is 32.2. The van der Waals surface area contributed by atoms with Crippen molar-refractivity contribution in [3.05, 3.63) is 29.8 Å². The molecule has 1 fully saturated rings. The minimum atomic E-state index is -3.52. The van der Waals surface area contributed by atoms with E-state index in [2.05, 4.69) is 14.8 Å². The molecule has 1 aromatic carbocycles. The highest BCUT2D eigenvalue weighted by molar-refractivity contribution is 7.89. The number of nitrogens with two attached hydrogens (primary N) is 1. The molecule has 4 N–H and O–H groups in total. The van der Waals surface area contributed by atoms with Gasteiger partial charge in [0.05, 0.1) is 11.9 Å². The molecule has 10 nitrogen and oxygen atoms in total. The van der Waals surface area contributed by atoms with Crippen LogP contribution in [0.15, 0.2) is 24.3 Å². The third-order valence-electron chi connectivity index (χ3n) is 4.69. The summed E-state index contributed by atoms with van der Waals surface area (Å²) in [5.74, 6) is -0.136. The number of sulfonamides is 1. The van der Waals surface area contributed by atoms with Gasteiger partial charge in [0.25, 0.3) is 5.91 Å². The fourth-order valence-corrected chi connectivity index (χ4v) is 4.46. The summed E-state index contributed by atoms with van der Waals surface area (Å²) in [6.07, 6.45) is 4.10. The number of hydrogen-bond acceptors (Lipinski definition) is 7. The minimum absolute atomic E-state index is 0.121. The second-order valence-electron chi connectivity index (χ2n) is 7.38. The van der Waals surface area contributed by atoms with Gasteiger partial charge in [0.2, 0.25) is 10.0 Å². The van der Waals surface area contributed by atoms with E-state index in [1.54, 1.807) is 6.92 Å². The molecule has 0 heterocycles. The van der Waals surface area contributed by atoms with Gasteiger partial charge in [-0.2, -0.15) is 0 Å². The van der Waals surface area contributed by atoms with Gasteiger partial charge in [0.15, 0.2) is 6.61 Å². The van der Waals surface area contributed by atoms with Gasteiger partial charge in [-0.05, 0) is 56.7 Å². The van der Waals surface area contributed by atoms with Crippen molar-refractivity contribution >= 4 is 22.0 Å². The van der Waals surface area contributed by atoms with Crippen molar-refractivity contribution in [1.29, 1.82) is 0 Å². The van der Waals surface area contributed by atoms with Crippen molar-refractivity contribution in [2.45, 2.75) is 51.2 Å². The van der Waals surface area contributed by atoms with Gasteiger partial charge >= 0.3 is 6.09 Å². The van der Waals surface area contributed by atoms with Crippen LogP contribution in [0.5, 0.6) is 5.75 Å². The van der Waals surface area contributed by atoms with Crippen LogP contribution < -0.4 is 20.5 Å². The van der Waals surface area contributed by atoms with Crippen LogP contribution in [0.1, 0.15) is 50.6 Å². The van der Waals surface area contributed by atoms with Gasteiger partial charge in [-0.25, -0.2) is 17.9 Å². The number of primary amides is 1.